The molecule has 3 aromatic carbocycles. The van der Waals surface area contributed by atoms with Gasteiger partial charge in [-0.2, -0.15) is 0 Å². The maximum Gasteiger partial charge on any atom is 0.259 e. The highest BCUT2D eigenvalue weighted by Crippen LogP contribution is 2.16. The van der Waals surface area contributed by atoms with E-state index in [1.807, 2.05) is 66.7 Å². The number of nitrogens with one attached hydrogen (secondary N) is 1. The summed E-state index contributed by atoms with van der Waals surface area (Å²) in [7, 11) is 0. The Morgan fingerprint density at radius 2 is 1.45 bits per heavy atom. The van der Waals surface area contributed by atoms with Crippen LogP contribution in [0.2, 0.25) is 0 Å². The maximum atomic E-state index is 13.2. The first kappa shape index (κ1) is 22.0. The van der Waals surface area contributed by atoms with E-state index in [0.717, 1.165) is 12.0 Å². The van der Waals surface area contributed by atoms with E-state index in [1.165, 1.54) is 5.56 Å². The van der Waals surface area contributed by atoms with Gasteiger partial charge in [0.15, 0.2) is 5.78 Å². The van der Waals surface area contributed by atoms with Gasteiger partial charge in [-0.25, -0.2) is 0 Å². The molecule has 0 unspecified atom stereocenters. The molecule has 1 amide bonds. The summed E-state index contributed by atoms with van der Waals surface area (Å²) in [5.41, 5.74) is 3.40. The Balaban J connectivity index is 1.86. The van der Waals surface area contributed by atoms with Crippen LogP contribution in [0.15, 0.2) is 103 Å². The van der Waals surface area contributed by atoms with Crippen LogP contribution in [0.4, 0.5) is 5.69 Å². The fourth-order valence-corrected chi connectivity index (χ4v) is 3.21. The highest BCUT2D eigenvalue weighted by molar-refractivity contribution is 6.28. The molecule has 0 aliphatic rings. The predicted molar refractivity (Wildman–Crippen MR) is 128 cm³/mol. The van der Waals surface area contributed by atoms with E-state index >= 15 is 0 Å². The fourth-order valence-electron chi connectivity index (χ4n) is 3.21. The van der Waals surface area contributed by atoms with Crippen molar-refractivity contribution in [2.24, 2.45) is 5.92 Å². The number of carbonyl (C=O) groups excluding carboxylic acids is 2. The Hall–Kier alpha value is -3.72. The Morgan fingerprint density at radius 3 is 2.06 bits per heavy atom. The molecule has 0 aliphatic carbocycles. The summed E-state index contributed by atoms with van der Waals surface area (Å²) in [6.07, 6.45) is 6.14. The third-order valence-electron chi connectivity index (χ3n) is 4.73. The molecule has 0 spiro atoms. The molecule has 0 bridgehead atoms. The molecular weight excluding hydrogens is 382 g/mol. The zero-order valence-corrected chi connectivity index (χ0v) is 17.9. The van der Waals surface area contributed by atoms with Crippen LogP contribution in [-0.2, 0) is 11.2 Å². The van der Waals surface area contributed by atoms with Crippen molar-refractivity contribution in [1.29, 1.82) is 0 Å². The monoisotopic (exact) mass is 409 g/mol. The lowest BCUT2D eigenvalue weighted by atomic mass is 9.97. The Morgan fingerprint density at radius 1 is 0.839 bits per heavy atom. The average Bonchev–Trinajstić information content (AvgIpc) is 2.78. The second-order valence-corrected chi connectivity index (χ2v) is 7.79. The summed E-state index contributed by atoms with van der Waals surface area (Å²) in [5, 5.41) is 2.82. The normalized spacial score (nSPS) is 11.6. The number of rotatable bonds is 8. The van der Waals surface area contributed by atoms with Crippen molar-refractivity contribution in [2.45, 2.75) is 20.3 Å². The largest absolute Gasteiger partial charge is 0.322 e. The molecule has 3 heteroatoms. The molecule has 0 heterocycles. The lowest BCUT2D eigenvalue weighted by molar-refractivity contribution is -0.112. The second-order valence-electron chi connectivity index (χ2n) is 7.79. The number of carbonyl (C=O) groups is 2. The fraction of sp³-hybridized carbons (Fsp3) is 0.143. The second kappa shape index (κ2) is 10.9. The van der Waals surface area contributed by atoms with Gasteiger partial charge in [0.25, 0.3) is 5.91 Å². The molecule has 3 aromatic rings. The number of allylic oxidation sites excluding steroid dienone is 2. The quantitative estimate of drug-likeness (QED) is 0.155. The minimum Gasteiger partial charge on any atom is -0.322 e. The van der Waals surface area contributed by atoms with Gasteiger partial charge in [0.2, 0.25) is 0 Å². The van der Waals surface area contributed by atoms with Gasteiger partial charge in [0, 0.05) is 11.3 Å². The van der Waals surface area contributed by atoms with E-state index < -0.39 is 5.91 Å². The van der Waals surface area contributed by atoms with Crippen molar-refractivity contribution in [2.75, 3.05) is 5.32 Å². The van der Waals surface area contributed by atoms with Crippen LogP contribution in [0.25, 0.3) is 6.08 Å². The summed E-state index contributed by atoms with van der Waals surface area (Å²) < 4.78 is 0. The summed E-state index contributed by atoms with van der Waals surface area (Å²) >= 11 is 0. The highest BCUT2D eigenvalue weighted by atomic mass is 16.2. The molecule has 31 heavy (non-hydrogen) atoms. The summed E-state index contributed by atoms with van der Waals surface area (Å²) in [5.74, 6) is -0.195. The van der Waals surface area contributed by atoms with Crippen LogP contribution in [0, 0.1) is 5.92 Å². The SMILES string of the molecule is CC(C)Cc1ccc(C(=O)/C(=C/C=C/c2ccccc2)C(=O)Nc2ccccc2)cc1. The topological polar surface area (TPSA) is 46.2 Å². The molecule has 0 aliphatic heterocycles. The molecule has 0 radical (unpaired) electrons. The van der Waals surface area contributed by atoms with Gasteiger partial charge in [0.05, 0.1) is 5.57 Å². The van der Waals surface area contributed by atoms with E-state index in [4.69, 9.17) is 0 Å². The van der Waals surface area contributed by atoms with Gasteiger partial charge < -0.3 is 5.32 Å². The van der Waals surface area contributed by atoms with Crippen LogP contribution in [0.1, 0.15) is 35.3 Å². The van der Waals surface area contributed by atoms with Crippen LogP contribution in [-0.4, -0.2) is 11.7 Å². The molecule has 156 valence electrons. The van der Waals surface area contributed by atoms with E-state index in [1.54, 1.807) is 36.4 Å². The van der Waals surface area contributed by atoms with E-state index in [2.05, 4.69) is 19.2 Å². The van der Waals surface area contributed by atoms with Gasteiger partial charge in [-0.1, -0.05) is 98.8 Å². The molecule has 3 rings (SSSR count). The average molecular weight is 410 g/mol. The number of hydrogen-bond acceptors (Lipinski definition) is 2. The predicted octanol–water partition coefficient (Wildman–Crippen LogP) is 6.35. The third kappa shape index (κ3) is 6.65. The first-order chi connectivity index (χ1) is 15.0. The number of benzene rings is 3. The zero-order chi connectivity index (χ0) is 22.1. The van der Waals surface area contributed by atoms with E-state index in [0.29, 0.717) is 17.2 Å². The molecule has 0 atom stereocenters. The van der Waals surface area contributed by atoms with Gasteiger partial charge in [-0.15, -0.1) is 0 Å². The molecule has 0 saturated heterocycles. The minimum atomic E-state index is -0.430. The molecule has 0 fully saturated rings. The minimum absolute atomic E-state index is 0.0904. The van der Waals surface area contributed by atoms with Crippen molar-refractivity contribution in [3.63, 3.8) is 0 Å². The Labute approximate surface area is 184 Å². The van der Waals surface area contributed by atoms with Crippen molar-refractivity contribution in [1.82, 2.24) is 0 Å². The third-order valence-corrected chi connectivity index (χ3v) is 4.73. The lowest BCUT2D eigenvalue weighted by Gasteiger charge is -2.09. The molecular formula is C28H27NO2. The number of Topliss-reactive ketones (excluding diaryl/α,β-unsaturated/α-hetero) is 1. The van der Waals surface area contributed by atoms with Gasteiger partial charge in [-0.05, 0) is 41.7 Å². The van der Waals surface area contributed by atoms with Gasteiger partial charge in [0.1, 0.15) is 0 Å². The van der Waals surface area contributed by atoms with Crippen molar-refractivity contribution in [3.05, 3.63) is 119 Å². The number of hydrogen-bond donors (Lipinski definition) is 1. The summed E-state index contributed by atoms with van der Waals surface area (Å²) in [6.45, 7) is 4.32. The lowest BCUT2D eigenvalue weighted by Crippen LogP contribution is -2.20. The molecule has 1 N–H and O–H groups in total. The Kier molecular flexibility index (Phi) is 7.72. The summed E-state index contributed by atoms with van der Waals surface area (Å²) in [4.78, 5) is 26.1. The van der Waals surface area contributed by atoms with Crippen LogP contribution >= 0.6 is 0 Å². The van der Waals surface area contributed by atoms with Gasteiger partial charge >= 0.3 is 0 Å². The number of para-hydroxylation sites is 1. The van der Waals surface area contributed by atoms with Crippen LogP contribution in [0.5, 0.6) is 0 Å². The standard InChI is InChI=1S/C28H27NO2/c1-21(2)20-23-16-18-24(19-17-23)27(30)26(15-9-12-22-10-5-3-6-11-22)28(31)29-25-13-7-4-8-14-25/h3-19,21H,20H2,1-2H3,(H,29,31)/b12-9+,26-15-. The van der Waals surface area contributed by atoms with E-state index in [-0.39, 0.29) is 11.4 Å². The van der Waals surface area contributed by atoms with Crippen molar-refractivity contribution in [3.8, 4) is 0 Å². The van der Waals surface area contributed by atoms with E-state index in [9.17, 15) is 9.59 Å². The number of ketones is 1. The molecule has 0 saturated carbocycles. The van der Waals surface area contributed by atoms with Crippen LogP contribution < -0.4 is 5.32 Å². The smallest absolute Gasteiger partial charge is 0.259 e. The first-order valence-corrected chi connectivity index (χ1v) is 10.5. The number of anilines is 1. The van der Waals surface area contributed by atoms with Crippen molar-refractivity contribution < 1.29 is 9.59 Å². The van der Waals surface area contributed by atoms with Gasteiger partial charge in [-0.3, -0.25) is 9.59 Å². The Bertz CT molecular complexity index is 1060. The molecule has 0 aromatic heterocycles. The van der Waals surface area contributed by atoms with Crippen LogP contribution in [0.3, 0.4) is 0 Å². The molecule has 3 nitrogen and oxygen atoms in total. The zero-order valence-electron chi connectivity index (χ0n) is 17.9. The van der Waals surface area contributed by atoms with Crippen molar-refractivity contribution >= 4 is 23.5 Å². The summed E-state index contributed by atoms with van der Waals surface area (Å²) in [6, 6.07) is 26.4. The maximum absolute atomic E-state index is 13.2. The highest BCUT2D eigenvalue weighted by Gasteiger charge is 2.19. The number of amides is 1. The first-order valence-electron chi connectivity index (χ1n) is 10.5.